The summed E-state index contributed by atoms with van der Waals surface area (Å²) in [6.45, 7) is 7.44. The van der Waals surface area contributed by atoms with Gasteiger partial charge in [-0.2, -0.15) is 0 Å². The predicted molar refractivity (Wildman–Crippen MR) is 81.4 cm³/mol. The molecule has 0 fully saturated rings. The van der Waals surface area contributed by atoms with E-state index < -0.39 is 5.92 Å². The molecule has 0 spiro atoms. The van der Waals surface area contributed by atoms with Crippen molar-refractivity contribution in [2.75, 3.05) is 12.4 Å². The van der Waals surface area contributed by atoms with Crippen LogP contribution in [0.15, 0.2) is 0 Å². The topological polar surface area (TPSA) is 26.3 Å². The molecular formula is C15H28F2O2S. The second-order valence-corrected chi connectivity index (χ2v) is 6.83. The van der Waals surface area contributed by atoms with Gasteiger partial charge >= 0.3 is 5.97 Å². The van der Waals surface area contributed by atoms with Gasteiger partial charge in [-0.15, -0.1) is 11.8 Å². The number of esters is 1. The van der Waals surface area contributed by atoms with Gasteiger partial charge < -0.3 is 4.74 Å². The Labute approximate surface area is 126 Å². The third-order valence-corrected chi connectivity index (χ3v) is 4.51. The fourth-order valence-electron chi connectivity index (χ4n) is 1.68. The summed E-state index contributed by atoms with van der Waals surface area (Å²) in [5.74, 6) is -1.83. The van der Waals surface area contributed by atoms with Crippen LogP contribution in [0.25, 0.3) is 0 Å². The van der Waals surface area contributed by atoms with Crippen molar-refractivity contribution in [3.05, 3.63) is 0 Å². The Balaban J connectivity index is 3.94. The number of ether oxygens (including phenoxy) is 1. The zero-order valence-corrected chi connectivity index (χ0v) is 13.9. The minimum Gasteiger partial charge on any atom is -0.465 e. The molecule has 0 rings (SSSR count). The minimum atomic E-state index is -2.58. The molecule has 0 aliphatic heterocycles. The summed E-state index contributed by atoms with van der Waals surface area (Å²) in [4.78, 5) is 11.9. The molecule has 120 valence electrons. The lowest BCUT2D eigenvalue weighted by Crippen LogP contribution is -2.26. The Morgan fingerprint density at radius 3 is 2.40 bits per heavy atom. The van der Waals surface area contributed by atoms with E-state index in [2.05, 4.69) is 0 Å². The van der Waals surface area contributed by atoms with Gasteiger partial charge in [0.1, 0.15) is 5.25 Å². The van der Waals surface area contributed by atoms with Crippen molar-refractivity contribution in [1.29, 1.82) is 0 Å². The van der Waals surface area contributed by atoms with E-state index in [1.54, 1.807) is 0 Å². The molecule has 0 radical (unpaired) electrons. The van der Waals surface area contributed by atoms with Crippen LogP contribution in [0.2, 0.25) is 0 Å². The molecule has 20 heavy (non-hydrogen) atoms. The van der Waals surface area contributed by atoms with E-state index in [4.69, 9.17) is 4.74 Å². The average molecular weight is 310 g/mol. The number of hydrogen-bond acceptors (Lipinski definition) is 3. The Kier molecular flexibility index (Phi) is 10.2. The first-order chi connectivity index (χ1) is 9.28. The van der Waals surface area contributed by atoms with E-state index in [0.29, 0.717) is 19.4 Å². The van der Waals surface area contributed by atoms with Crippen molar-refractivity contribution in [1.82, 2.24) is 0 Å². The van der Waals surface area contributed by atoms with Crippen LogP contribution in [0, 0.1) is 5.92 Å². The molecule has 0 aliphatic carbocycles. The van der Waals surface area contributed by atoms with E-state index in [1.165, 1.54) is 11.8 Å². The van der Waals surface area contributed by atoms with Crippen LogP contribution in [-0.4, -0.2) is 29.5 Å². The quantitative estimate of drug-likeness (QED) is 0.400. The first-order valence-electron chi connectivity index (χ1n) is 7.44. The van der Waals surface area contributed by atoms with E-state index in [-0.39, 0.29) is 23.6 Å². The number of alkyl halides is 2. The molecule has 0 heterocycles. The monoisotopic (exact) mass is 310 g/mol. The van der Waals surface area contributed by atoms with E-state index >= 15 is 0 Å². The Morgan fingerprint density at radius 1 is 1.25 bits per heavy atom. The molecule has 0 N–H and O–H groups in total. The Bertz CT molecular complexity index is 265. The van der Waals surface area contributed by atoms with Crippen LogP contribution in [-0.2, 0) is 9.53 Å². The number of hydrogen-bond donors (Lipinski definition) is 0. The van der Waals surface area contributed by atoms with Gasteiger partial charge in [-0.1, -0.05) is 27.2 Å². The second-order valence-electron chi connectivity index (χ2n) is 5.58. The lowest BCUT2D eigenvalue weighted by Gasteiger charge is -2.19. The highest BCUT2D eigenvalue weighted by molar-refractivity contribution is 8.00. The highest BCUT2D eigenvalue weighted by atomic mass is 32.2. The summed E-state index contributed by atoms with van der Waals surface area (Å²) < 4.78 is 30.6. The van der Waals surface area contributed by atoms with Gasteiger partial charge in [-0.3, -0.25) is 4.79 Å². The van der Waals surface area contributed by atoms with Crippen molar-refractivity contribution >= 4 is 17.7 Å². The van der Waals surface area contributed by atoms with Gasteiger partial charge in [0.25, 0.3) is 0 Å². The normalized spacial score (nSPS) is 13.6. The predicted octanol–water partition coefficient (Wildman–Crippen LogP) is 4.91. The summed E-state index contributed by atoms with van der Waals surface area (Å²) in [5, 5.41) is -0.186. The van der Waals surface area contributed by atoms with Gasteiger partial charge in [-0.25, -0.2) is 8.78 Å². The first kappa shape index (κ1) is 19.7. The van der Waals surface area contributed by atoms with Gasteiger partial charge in [0.15, 0.2) is 0 Å². The Morgan fingerprint density at radius 2 is 1.90 bits per heavy atom. The van der Waals surface area contributed by atoms with Crippen molar-refractivity contribution in [3.63, 3.8) is 0 Å². The first-order valence-corrected chi connectivity index (χ1v) is 8.49. The molecule has 0 aromatic rings. The molecule has 1 unspecified atom stereocenters. The fourth-order valence-corrected chi connectivity index (χ4v) is 2.89. The maximum atomic E-state index is 12.7. The van der Waals surface area contributed by atoms with Crippen molar-refractivity contribution in [3.8, 4) is 0 Å². The molecule has 0 amide bonds. The maximum Gasteiger partial charge on any atom is 0.319 e. The summed E-state index contributed by atoms with van der Waals surface area (Å²) in [6, 6.07) is 0. The number of carbonyl (C=O) groups excluding carboxylic acids is 1. The highest BCUT2D eigenvalue weighted by Crippen LogP contribution is 2.25. The smallest absolute Gasteiger partial charge is 0.319 e. The second kappa shape index (κ2) is 10.4. The van der Waals surface area contributed by atoms with E-state index in [9.17, 15) is 13.6 Å². The summed E-state index contributed by atoms with van der Waals surface area (Å²) in [6.07, 6.45) is 3.00. The van der Waals surface area contributed by atoms with Crippen LogP contribution in [0.1, 0.15) is 59.8 Å². The van der Waals surface area contributed by atoms with Crippen LogP contribution in [0.3, 0.4) is 0 Å². The molecule has 0 aromatic carbocycles. The van der Waals surface area contributed by atoms with Crippen molar-refractivity contribution < 1.29 is 18.3 Å². The van der Waals surface area contributed by atoms with Gasteiger partial charge in [0, 0.05) is 6.42 Å². The number of unbranched alkanes of at least 4 members (excludes halogenated alkanes) is 2. The van der Waals surface area contributed by atoms with E-state index in [1.807, 2.05) is 20.8 Å². The number of halogens is 2. The highest BCUT2D eigenvalue weighted by Gasteiger charge is 2.24. The standard InChI is InChI=1S/C15H28F2O2S/c1-5-6-10-19-14(18)13(12(2)3)20-11-8-7-9-15(4,16)17/h12-13H,5-11H2,1-4H3. The van der Waals surface area contributed by atoms with Crippen LogP contribution in [0.5, 0.6) is 0 Å². The summed E-state index contributed by atoms with van der Waals surface area (Å²) >= 11 is 1.53. The third kappa shape index (κ3) is 10.5. The molecular weight excluding hydrogens is 282 g/mol. The Hall–Kier alpha value is -0.320. The maximum absolute atomic E-state index is 12.7. The lowest BCUT2D eigenvalue weighted by atomic mass is 10.1. The van der Waals surface area contributed by atoms with Crippen LogP contribution < -0.4 is 0 Å². The largest absolute Gasteiger partial charge is 0.465 e. The zero-order chi connectivity index (χ0) is 15.6. The number of carbonyl (C=O) groups is 1. The molecule has 5 heteroatoms. The van der Waals surface area contributed by atoms with Gasteiger partial charge in [0.2, 0.25) is 5.92 Å². The number of thioether (sulfide) groups is 1. The molecule has 0 bridgehead atoms. The average Bonchev–Trinajstić information content (AvgIpc) is 2.32. The molecule has 0 saturated heterocycles. The van der Waals surface area contributed by atoms with E-state index in [0.717, 1.165) is 25.5 Å². The molecule has 0 aliphatic rings. The van der Waals surface area contributed by atoms with Crippen LogP contribution in [0.4, 0.5) is 8.78 Å². The SMILES string of the molecule is CCCCOC(=O)C(SCCCCC(C)(F)F)C(C)C. The fraction of sp³-hybridized carbons (Fsp3) is 0.933. The molecule has 1 atom stereocenters. The zero-order valence-electron chi connectivity index (χ0n) is 13.1. The summed E-state index contributed by atoms with van der Waals surface area (Å²) in [5.41, 5.74) is 0. The van der Waals surface area contributed by atoms with Crippen molar-refractivity contribution in [2.45, 2.75) is 71.0 Å². The lowest BCUT2D eigenvalue weighted by molar-refractivity contribution is -0.143. The number of rotatable bonds is 11. The van der Waals surface area contributed by atoms with Gasteiger partial charge in [0.05, 0.1) is 6.61 Å². The van der Waals surface area contributed by atoms with Gasteiger partial charge in [-0.05, 0) is 37.9 Å². The molecule has 0 aromatic heterocycles. The summed E-state index contributed by atoms with van der Waals surface area (Å²) in [7, 11) is 0. The molecule has 2 nitrogen and oxygen atoms in total. The minimum absolute atomic E-state index is 0.0825. The molecule has 0 saturated carbocycles. The third-order valence-electron chi connectivity index (χ3n) is 2.89. The van der Waals surface area contributed by atoms with Crippen molar-refractivity contribution in [2.24, 2.45) is 5.92 Å². The van der Waals surface area contributed by atoms with Crippen LogP contribution >= 0.6 is 11.8 Å².